The van der Waals surface area contributed by atoms with Gasteiger partial charge >= 0.3 is 17.9 Å². The Balaban J connectivity index is 1.46. The molecule has 0 aromatic carbocycles. The van der Waals surface area contributed by atoms with Crippen molar-refractivity contribution in [3.8, 4) is 0 Å². The first-order valence-corrected chi connectivity index (χ1v) is 12.9. The Morgan fingerprint density at radius 1 is 1.03 bits per heavy atom. The minimum atomic E-state index is -0.978. The molecule has 1 N–H and O–H groups in total. The van der Waals surface area contributed by atoms with Crippen LogP contribution in [-0.4, -0.2) is 47.4 Å². The number of fused-ring (bicyclic) bond motifs is 5. The summed E-state index contributed by atoms with van der Waals surface area (Å²) in [6.07, 6.45) is 7.98. The summed E-state index contributed by atoms with van der Waals surface area (Å²) in [5, 5.41) is 12.5. The van der Waals surface area contributed by atoms with Crippen molar-refractivity contribution in [1.82, 2.24) is 0 Å². The Morgan fingerprint density at radius 3 is 2.41 bits per heavy atom. The van der Waals surface area contributed by atoms with Gasteiger partial charge in [-0.05, 0) is 73.7 Å². The maximum absolute atomic E-state index is 12.5. The highest BCUT2D eigenvalue weighted by Gasteiger charge is 2.71. The number of hydrogen-bond acceptors (Lipinski definition) is 7. The maximum atomic E-state index is 12.5. The standard InChI is InChI=1S/C27H38O7/c1-15(28)33-19-7-9-25(3)18(12-19)5-6-21-20(25)8-10-26(4)24(17-11-23(30)32-14-17)22(34-16(2)29)13-27(21,26)31/h11,18-22,24,31H,5-10,12-14H2,1-4H3/t18-,19+,20-,21+,22-,24-,25-,26+,27-/m0/s1. The van der Waals surface area contributed by atoms with Gasteiger partial charge in [-0.15, -0.1) is 0 Å². The molecule has 0 saturated heterocycles. The Hall–Kier alpha value is -1.89. The summed E-state index contributed by atoms with van der Waals surface area (Å²) in [5.74, 6) is -0.190. The van der Waals surface area contributed by atoms with E-state index in [2.05, 4.69) is 13.8 Å². The fraction of sp³-hybridized carbons (Fsp3) is 0.815. The lowest BCUT2D eigenvalue weighted by Gasteiger charge is -2.63. The van der Waals surface area contributed by atoms with Gasteiger partial charge in [0.2, 0.25) is 0 Å². The maximum Gasteiger partial charge on any atom is 0.331 e. The molecule has 188 valence electrons. The molecule has 0 amide bonds. The molecule has 4 fully saturated rings. The van der Waals surface area contributed by atoms with Crippen LogP contribution in [0.3, 0.4) is 0 Å². The average molecular weight is 475 g/mol. The van der Waals surface area contributed by atoms with Crippen molar-refractivity contribution >= 4 is 17.9 Å². The van der Waals surface area contributed by atoms with Crippen LogP contribution in [0.4, 0.5) is 0 Å². The van der Waals surface area contributed by atoms with Crippen LogP contribution in [0.1, 0.15) is 79.1 Å². The molecule has 5 rings (SSSR count). The summed E-state index contributed by atoms with van der Waals surface area (Å²) in [4.78, 5) is 35.4. The van der Waals surface area contributed by atoms with Crippen molar-refractivity contribution in [2.75, 3.05) is 6.61 Å². The molecule has 7 heteroatoms. The van der Waals surface area contributed by atoms with Crippen LogP contribution in [0, 0.1) is 34.5 Å². The molecule has 7 nitrogen and oxygen atoms in total. The molecular formula is C27H38O7. The highest BCUT2D eigenvalue weighted by molar-refractivity contribution is 5.85. The molecule has 34 heavy (non-hydrogen) atoms. The molecule has 0 aromatic rings. The molecule has 1 heterocycles. The first-order valence-electron chi connectivity index (χ1n) is 12.9. The number of carbonyl (C=O) groups excluding carboxylic acids is 3. The lowest BCUT2D eigenvalue weighted by Crippen LogP contribution is -2.62. The van der Waals surface area contributed by atoms with Gasteiger partial charge in [-0.25, -0.2) is 4.79 Å². The number of carbonyl (C=O) groups is 3. The third-order valence-corrected chi connectivity index (χ3v) is 10.5. The van der Waals surface area contributed by atoms with E-state index in [1.807, 2.05) is 0 Å². The van der Waals surface area contributed by atoms with E-state index in [1.165, 1.54) is 13.8 Å². The number of aliphatic hydroxyl groups is 1. The number of cyclic esters (lactones) is 1. The fourth-order valence-corrected chi connectivity index (χ4v) is 9.08. The first kappa shape index (κ1) is 23.8. The van der Waals surface area contributed by atoms with Crippen molar-refractivity contribution in [2.45, 2.75) is 96.9 Å². The summed E-state index contributed by atoms with van der Waals surface area (Å²) >= 11 is 0. The van der Waals surface area contributed by atoms with E-state index in [4.69, 9.17) is 14.2 Å². The van der Waals surface area contributed by atoms with E-state index < -0.39 is 17.1 Å². The molecule has 0 bridgehead atoms. The van der Waals surface area contributed by atoms with Gasteiger partial charge in [0.1, 0.15) is 18.8 Å². The van der Waals surface area contributed by atoms with E-state index in [1.54, 1.807) is 6.08 Å². The summed E-state index contributed by atoms with van der Waals surface area (Å²) in [7, 11) is 0. The molecule has 0 unspecified atom stereocenters. The summed E-state index contributed by atoms with van der Waals surface area (Å²) < 4.78 is 16.6. The van der Waals surface area contributed by atoms with Crippen LogP contribution in [0.2, 0.25) is 0 Å². The van der Waals surface area contributed by atoms with Gasteiger partial charge in [-0.3, -0.25) is 9.59 Å². The topological polar surface area (TPSA) is 99.1 Å². The molecule has 0 spiro atoms. The SMILES string of the molecule is CC(=O)O[C@@H]1CC[C@@]2(C)[C@@H](CC[C@@H]3[C@@H]2CC[C@]2(C)[C@@H](C4=CC(=O)OC4)[C@@H](OC(C)=O)C[C@]32O)C1. The number of rotatable bonds is 3. The lowest BCUT2D eigenvalue weighted by molar-refractivity contribution is -0.210. The van der Waals surface area contributed by atoms with Crippen LogP contribution < -0.4 is 0 Å². The van der Waals surface area contributed by atoms with E-state index in [9.17, 15) is 19.5 Å². The Bertz CT molecular complexity index is 926. The Morgan fingerprint density at radius 2 is 1.76 bits per heavy atom. The van der Waals surface area contributed by atoms with E-state index >= 15 is 0 Å². The van der Waals surface area contributed by atoms with Gasteiger partial charge in [0.15, 0.2) is 0 Å². The zero-order valence-corrected chi connectivity index (χ0v) is 20.8. The Kier molecular flexibility index (Phi) is 5.66. The molecule has 1 aliphatic heterocycles. The quantitative estimate of drug-likeness (QED) is 0.492. The Labute approximate surface area is 201 Å². The van der Waals surface area contributed by atoms with E-state index in [-0.39, 0.29) is 47.9 Å². The molecule has 0 radical (unpaired) electrons. The highest BCUT2D eigenvalue weighted by atomic mass is 16.6. The number of esters is 3. The minimum absolute atomic E-state index is 0.000108. The smallest absolute Gasteiger partial charge is 0.331 e. The highest BCUT2D eigenvalue weighted by Crippen LogP contribution is 2.70. The van der Waals surface area contributed by atoms with Crippen molar-refractivity contribution in [1.29, 1.82) is 0 Å². The molecule has 0 aromatic heterocycles. The van der Waals surface area contributed by atoms with Crippen molar-refractivity contribution in [3.05, 3.63) is 11.6 Å². The third kappa shape index (κ3) is 3.44. The van der Waals surface area contributed by atoms with Gasteiger partial charge in [-0.1, -0.05) is 13.8 Å². The molecule has 5 aliphatic rings. The normalized spacial score (nSPS) is 47.6. The van der Waals surface area contributed by atoms with E-state index in [0.29, 0.717) is 18.3 Å². The molecule has 4 aliphatic carbocycles. The van der Waals surface area contributed by atoms with Gasteiger partial charge in [-0.2, -0.15) is 0 Å². The molecular weight excluding hydrogens is 436 g/mol. The first-order chi connectivity index (χ1) is 16.0. The zero-order valence-electron chi connectivity index (χ0n) is 20.8. The third-order valence-electron chi connectivity index (χ3n) is 10.5. The second-order valence-electron chi connectivity index (χ2n) is 12.0. The lowest BCUT2D eigenvalue weighted by atomic mass is 9.43. The largest absolute Gasteiger partial charge is 0.463 e. The van der Waals surface area contributed by atoms with Crippen molar-refractivity contribution in [2.24, 2.45) is 34.5 Å². The van der Waals surface area contributed by atoms with E-state index in [0.717, 1.165) is 50.5 Å². The predicted molar refractivity (Wildman–Crippen MR) is 122 cm³/mol. The minimum Gasteiger partial charge on any atom is -0.463 e. The zero-order chi connectivity index (χ0) is 24.5. The summed E-state index contributed by atoms with van der Waals surface area (Å²) in [6.45, 7) is 7.61. The van der Waals surface area contributed by atoms with Crippen molar-refractivity contribution < 1.29 is 33.7 Å². The van der Waals surface area contributed by atoms with Crippen LogP contribution in [0.25, 0.3) is 0 Å². The second-order valence-corrected chi connectivity index (χ2v) is 12.0. The van der Waals surface area contributed by atoms with Gasteiger partial charge < -0.3 is 19.3 Å². The van der Waals surface area contributed by atoms with Gasteiger partial charge in [0.25, 0.3) is 0 Å². The van der Waals surface area contributed by atoms with Crippen molar-refractivity contribution in [3.63, 3.8) is 0 Å². The van der Waals surface area contributed by atoms with Crippen LogP contribution >= 0.6 is 0 Å². The summed E-state index contributed by atoms with van der Waals surface area (Å²) in [5.41, 5.74) is -0.535. The average Bonchev–Trinajstić information content (AvgIpc) is 3.25. The summed E-state index contributed by atoms with van der Waals surface area (Å²) in [6, 6.07) is 0. The monoisotopic (exact) mass is 474 g/mol. The van der Waals surface area contributed by atoms with Crippen LogP contribution in [-0.2, 0) is 28.6 Å². The molecule has 4 saturated carbocycles. The molecule has 9 atom stereocenters. The van der Waals surface area contributed by atoms with Crippen LogP contribution in [0.5, 0.6) is 0 Å². The second kappa shape index (κ2) is 8.07. The number of ether oxygens (including phenoxy) is 3. The number of hydrogen-bond donors (Lipinski definition) is 1. The predicted octanol–water partition coefficient (Wildman–Crippen LogP) is 3.72. The van der Waals surface area contributed by atoms with Gasteiger partial charge in [0.05, 0.1) is 5.60 Å². The fourth-order valence-electron chi connectivity index (χ4n) is 9.08. The van der Waals surface area contributed by atoms with Gasteiger partial charge in [0, 0.05) is 37.7 Å². The van der Waals surface area contributed by atoms with Crippen LogP contribution in [0.15, 0.2) is 11.6 Å².